The lowest BCUT2D eigenvalue weighted by Gasteiger charge is -2.25. The fourth-order valence-corrected chi connectivity index (χ4v) is 2.32. The Bertz CT molecular complexity index is 400. The average Bonchev–Trinajstić information content (AvgIpc) is 2.35. The number of aliphatic carboxylic acids is 1. The summed E-state index contributed by atoms with van der Waals surface area (Å²) >= 11 is 7.14. The molecule has 0 fully saturated rings. The quantitative estimate of drug-likeness (QED) is 0.755. The van der Waals surface area contributed by atoms with Crippen molar-refractivity contribution in [2.45, 2.75) is 30.8 Å². The third-order valence-corrected chi connectivity index (χ3v) is 3.93. The lowest BCUT2D eigenvalue weighted by molar-refractivity contribution is -0.143. The van der Waals surface area contributed by atoms with Crippen molar-refractivity contribution >= 4 is 29.3 Å². The van der Waals surface area contributed by atoms with Crippen LogP contribution in [-0.4, -0.2) is 33.9 Å². The molecule has 4 nitrogen and oxygen atoms in total. The molecule has 18 heavy (non-hydrogen) atoms. The summed E-state index contributed by atoms with van der Waals surface area (Å²) in [5, 5.41) is 13.7. The highest BCUT2D eigenvalue weighted by Gasteiger charge is 2.32. The predicted octanol–water partition coefficient (Wildman–Crippen LogP) is 2.67. The van der Waals surface area contributed by atoms with Crippen molar-refractivity contribution in [3.8, 4) is 0 Å². The van der Waals surface area contributed by atoms with Crippen molar-refractivity contribution in [1.82, 2.24) is 10.3 Å². The number of hydrogen-bond donors (Lipinski definition) is 2. The van der Waals surface area contributed by atoms with E-state index in [9.17, 15) is 9.90 Å². The first-order valence-electron chi connectivity index (χ1n) is 5.70. The molecule has 1 aromatic heterocycles. The molecule has 1 unspecified atom stereocenters. The molecular weight excluding hydrogens is 272 g/mol. The van der Waals surface area contributed by atoms with Gasteiger partial charge in [0, 0.05) is 11.9 Å². The topological polar surface area (TPSA) is 62.2 Å². The maximum atomic E-state index is 11.3. The van der Waals surface area contributed by atoms with Gasteiger partial charge in [-0.1, -0.05) is 18.5 Å². The zero-order valence-electron chi connectivity index (χ0n) is 10.4. The summed E-state index contributed by atoms with van der Waals surface area (Å²) in [7, 11) is 0. The summed E-state index contributed by atoms with van der Waals surface area (Å²) in [6, 6.07) is 3.53. The molecule has 0 aliphatic carbocycles. The first-order chi connectivity index (χ1) is 8.48. The van der Waals surface area contributed by atoms with Crippen molar-refractivity contribution in [2.24, 2.45) is 0 Å². The zero-order valence-corrected chi connectivity index (χ0v) is 12.0. The van der Waals surface area contributed by atoms with Crippen LogP contribution in [0.15, 0.2) is 23.4 Å². The molecule has 2 N–H and O–H groups in total. The second kappa shape index (κ2) is 6.97. The molecule has 0 amide bonds. The van der Waals surface area contributed by atoms with E-state index in [0.717, 1.165) is 11.4 Å². The van der Waals surface area contributed by atoms with Crippen LogP contribution >= 0.6 is 23.4 Å². The van der Waals surface area contributed by atoms with Crippen LogP contribution in [0.2, 0.25) is 5.02 Å². The summed E-state index contributed by atoms with van der Waals surface area (Å²) in [6.07, 6.45) is 2.45. The van der Waals surface area contributed by atoms with Crippen LogP contribution in [0.25, 0.3) is 0 Å². The number of hydrogen-bond acceptors (Lipinski definition) is 4. The maximum absolute atomic E-state index is 11.3. The number of pyridine rings is 1. The van der Waals surface area contributed by atoms with E-state index in [0.29, 0.717) is 17.3 Å². The van der Waals surface area contributed by atoms with Gasteiger partial charge in [0.25, 0.3) is 0 Å². The minimum atomic E-state index is -0.942. The van der Waals surface area contributed by atoms with E-state index < -0.39 is 11.5 Å². The van der Waals surface area contributed by atoms with Crippen molar-refractivity contribution in [3.63, 3.8) is 0 Å². The summed E-state index contributed by atoms with van der Waals surface area (Å²) in [6.45, 7) is 4.37. The Labute approximate surface area is 116 Å². The van der Waals surface area contributed by atoms with Crippen LogP contribution < -0.4 is 5.32 Å². The van der Waals surface area contributed by atoms with E-state index in [1.165, 1.54) is 11.8 Å². The van der Waals surface area contributed by atoms with Crippen LogP contribution in [0, 0.1) is 0 Å². The number of carbonyl (C=O) groups is 1. The Hall–Kier alpha value is -0.780. The van der Waals surface area contributed by atoms with E-state index >= 15 is 0 Å². The van der Waals surface area contributed by atoms with Crippen molar-refractivity contribution in [1.29, 1.82) is 0 Å². The van der Waals surface area contributed by atoms with E-state index in [1.807, 2.05) is 6.92 Å². The Kier molecular flexibility index (Phi) is 5.91. The Morgan fingerprint density at radius 2 is 2.33 bits per heavy atom. The van der Waals surface area contributed by atoms with Gasteiger partial charge in [-0.05, 0) is 32.0 Å². The van der Waals surface area contributed by atoms with Crippen molar-refractivity contribution in [3.05, 3.63) is 23.4 Å². The molecule has 0 saturated carbocycles. The molecule has 1 heterocycles. The molecule has 0 radical (unpaired) electrons. The highest BCUT2D eigenvalue weighted by Crippen LogP contribution is 2.22. The molecule has 6 heteroatoms. The Balaban J connectivity index is 2.62. The van der Waals surface area contributed by atoms with Crippen LogP contribution in [0.1, 0.15) is 20.3 Å². The molecule has 0 bridgehead atoms. The third-order valence-electron chi connectivity index (χ3n) is 2.45. The van der Waals surface area contributed by atoms with Gasteiger partial charge in [0.2, 0.25) is 0 Å². The van der Waals surface area contributed by atoms with Crippen LogP contribution in [-0.2, 0) is 4.79 Å². The standard InChI is InChI=1S/C12H17ClN2O2S/c1-3-6-15-12(2,11(16)17)8-18-10-5-4-9(13)7-14-10/h4-5,7,15H,3,6,8H2,1-2H3,(H,16,17). The minimum Gasteiger partial charge on any atom is -0.480 e. The van der Waals surface area contributed by atoms with Gasteiger partial charge in [-0.3, -0.25) is 4.79 Å². The fraction of sp³-hybridized carbons (Fsp3) is 0.500. The van der Waals surface area contributed by atoms with E-state index in [1.54, 1.807) is 25.3 Å². The first-order valence-corrected chi connectivity index (χ1v) is 7.07. The number of carboxylic acid groups (broad SMARTS) is 1. The molecule has 100 valence electrons. The molecule has 0 aromatic carbocycles. The second-order valence-corrected chi connectivity index (χ2v) is 5.60. The second-order valence-electron chi connectivity index (χ2n) is 4.17. The van der Waals surface area contributed by atoms with Gasteiger partial charge in [0.1, 0.15) is 5.54 Å². The van der Waals surface area contributed by atoms with E-state index in [2.05, 4.69) is 10.3 Å². The molecule has 1 aromatic rings. The van der Waals surface area contributed by atoms with Gasteiger partial charge >= 0.3 is 5.97 Å². The number of carboxylic acids is 1. The van der Waals surface area contributed by atoms with E-state index in [4.69, 9.17) is 11.6 Å². The van der Waals surface area contributed by atoms with Gasteiger partial charge in [0.05, 0.1) is 10.0 Å². The van der Waals surface area contributed by atoms with Crippen LogP contribution in [0.5, 0.6) is 0 Å². The monoisotopic (exact) mass is 288 g/mol. The third kappa shape index (κ3) is 4.48. The SMILES string of the molecule is CCCNC(C)(CSc1ccc(Cl)cn1)C(=O)O. The normalized spacial score (nSPS) is 14.2. The summed E-state index contributed by atoms with van der Waals surface area (Å²) in [5.74, 6) is -0.436. The highest BCUT2D eigenvalue weighted by atomic mass is 35.5. The van der Waals surface area contributed by atoms with Gasteiger partial charge < -0.3 is 10.4 Å². The Morgan fingerprint density at radius 3 is 2.83 bits per heavy atom. The number of rotatable bonds is 7. The number of nitrogens with zero attached hydrogens (tertiary/aromatic N) is 1. The number of halogens is 1. The lowest BCUT2D eigenvalue weighted by atomic mass is 10.1. The average molecular weight is 289 g/mol. The van der Waals surface area contributed by atoms with Crippen LogP contribution in [0.4, 0.5) is 0 Å². The summed E-state index contributed by atoms with van der Waals surface area (Å²) in [4.78, 5) is 15.4. The Morgan fingerprint density at radius 1 is 1.61 bits per heavy atom. The largest absolute Gasteiger partial charge is 0.480 e. The maximum Gasteiger partial charge on any atom is 0.324 e. The lowest BCUT2D eigenvalue weighted by Crippen LogP contribution is -2.51. The molecule has 0 aliphatic rings. The number of aromatic nitrogens is 1. The summed E-state index contributed by atoms with van der Waals surface area (Å²) in [5.41, 5.74) is -0.942. The van der Waals surface area contributed by atoms with Crippen LogP contribution in [0.3, 0.4) is 0 Å². The molecular formula is C12H17ClN2O2S. The number of nitrogens with one attached hydrogen (secondary N) is 1. The van der Waals surface area contributed by atoms with E-state index in [-0.39, 0.29) is 0 Å². The molecule has 0 spiro atoms. The van der Waals surface area contributed by atoms with Gasteiger partial charge in [-0.25, -0.2) is 4.98 Å². The zero-order chi connectivity index (χ0) is 13.6. The smallest absolute Gasteiger partial charge is 0.324 e. The highest BCUT2D eigenvalue weighted by molar-refractivity contribution is 7.99. The van der Waals surface area contributed by atoms with Gasteiger partial charge in [0.15, 0.2) is 0 Å². The molecule has 1 atom stereocenters. The molecule has 0 aliphatic heterocycles. The molecule has 0 saturated heterocycles. The van der Waals surface area contributed by atoms with Gasteiger partial charge in [-0.2, -0.15) is 0 Å². The van der Waals surface area contributed by atoms with Crippen molar-refractivity contribution < 1.29 is 9.90 Å². The molecule has 1 rings (SSSR count). The predicted molar refractivity (Wildman–Crippen MR) is 74.3 cm³/mol. The summed E-state index contributed by atoms with van der Waals surface area (Å²) < 4.78 is 0. The minimum absolute atomic E-state index is 0.414. The fourth-order valence-electron chi connectivity index (χ4n) is 1.26. The number of thioether (sulfide) groups is 1. The van der Waals surface area contributed by atoms with Crippen molar-refractivity contribution in [2.75, 3.05) is 12.3 Å². The van der Waals surface area contributed by atoms with Gasteiger partial charge in [-0.15, -0.1) is 11.8 Å². The first kappa shape index (κ1) is 15.3.